The van der Waals surface area contributed by atoms with Gasteiger partial charge in [-0.25, -0.2) is 0 Å². The molecule has 0 bridgehead atoms. The van der Waals surface area contributed by atoms with E-state index in [1.165, 1.54) is 11.1 Å². The Labute approximate surface area is 120 Å². The van der Waals surface area contributed by atoms with Gasteiger partial charge < -0.3 is 14.8 Å². The van der Waals surface area contributed by atoms with Gasteiger partial charge in [0.25, 0.3) is 0 Å². The quantitative estimate of drug-likeness (QED) is 0.866. The summed E-state index contributed by atoms with van der Waals surface area (Å²) in [7, 11) is 3.40. The lowest BCUT2D eigenvalue weighted by Crippen LogP contribution is -2.16. The maximum absolute atomic E-state index is 5.44. The molecule has 0 aliphatic carbocycles. The molecule has 1 atom stereocenters. The van der Waals surface area contributed by atoms with Crippen LogP contribution in [0, 0.1) is 6.92 Å². The highest BCUT2D eigenvalue weighted by Crippen LogP contribution is 2.29. The van der Waals surface area contributed by atoms with Crippen molar-refractivity contribution in [1.29, 1.82) is 0 Å². The van der Waals surface area contributed by atoms with Crippen LogP contribution >= 0.6 is 0 Å². The van der Waals surface area contributed by atoms with Crippen LogP contribution in [0.3, 0.4) is 0 Å². The summed E-state index contributed by atoms with van der Waals surface area (Å²) in [5.74, 6) is 0.849. The fourth-order valence-electron chi connectivity index (χ4n) is 2.18. The minimum atomic E-state index is 0.0952. The normalized spacial score (nSPS) is 11.9. The summed E-state index contributed by atoms with van der Waals surface area (Å²) in [6, 6.07) is 16.5. The predicted molar refractivity (Wildman–Crippen MR) is 82.4 cm³/mol. The number of nitrogens with one attached hydrogen (secondary N) is 1. The van der Waals surface area contributed by atoms with Gasteiger partial charge in [0.2, 0.25) is 0 Å². The molecule has 2 rings (SSSR count). The molecule has 0 aromatic heterocycles. The third-order valence-electron chi connectivity index (χ3n) is 3.22. The molecule has 0 fully saturated rings. The van der Waals surface area contributed by atoms with Gasteiger partial charge >= 0.3 is 0 Å². The number of aryl methyl sites for hydroxylation is 1. The topological polar surface area (TPSA) is 30.5 Å². The van der Waals surface area contributed by atoms with E-state index < -0.39 is 0 Å². The van der Waals surface area contributed by atoms with Crippen molar-refractivity contribution in [3.8, 4) is 5.75 Å². The van der Waals surface area contributed by atoms with Crippen LogP contribution in [-0.4, -0.2) is 20.8 Å². The van der Waals surface area contributed by atoms with Gasteiger partial charge in [-0.05, 0) is 30.2 Å². The van der Waals surface area contributed by atoms with Crippen LogP contribution in [0.25, 0.3) is 0 Å². The molecular formula is C17H21NO2. The molecule has 20 heavy (non-hydrogen) atoms. The first-order valence-electron chi connectivity index (χ1n) is 6.69. The number of benzene rings is 2. The number of hydrogen-bond donors (Lipinski definition) is 1. The maximum Gasteiger partial charge on any atom is 0.142 e. The molecule has 0 saturated carbocycles. The van der Waals surface area contributed by atoms with Crippen molar-refractivity contribution in [2.75, 3.05) is 26.1 Å². The molecule has 0 aliphatic heterocycles. The molecule has 1 N–H and O–H groups in total. The molecule has 106 valence electrons. The zero-order chi connectivity index (χ0) is 14.4. The molecule has 0 spiro atoms. The Morgan fingerprint density at radius 1 is 1.05 bits per heavy atom. The van der Waals surface area contributed by atoms with E-state index in [0.29, 0.717) is 6.61 Å². The molecule has 0 amide bonds. The van der Waals surface area contributed by atoms with Crippen molar-refractivity contribution < 1.29 is 9.47 Å². The molecule has 0 radical (unpaired) electrons. The second-order valence-corrected chi connectivity index (χ2v) is 4.77. The van der Waals surface area contributed by atoms with Gasteiger partial charge in [0.15, 0.2) is 0 Å². The number of ether oxygens (including phenoxy) is 2. The van der Waals surface area contributed by atoms with E-state index in [0.717, 1.165) is 11.4 Å². The Kier molecular flexibility index (Phi) is 5.02. The summed E-state index contributed by atoms with van der Waals surface area (Å²) in [4.78, 5) is 0. The van der Waals surface area contributed by atoms with E-state index in [4.69, 9.17) is 9.47 Å². The van der Waals surface area contributed by atoms with Crippen LogP contribution in [0.15, 0.2) is 48.5 Å². The smallest absolute Gasteiger partial charge is 0.142 e. The summed E-state index contributed by atoms with van der Waals surface area (Å²) in [5.41, 5.74) is 3.34. The number of anilines is 1. The minimum absolute atomic E-state index is 0.0952. The largest absolute Gasteiger partial charge is 0.495 e. The summed E-state index contributed by atoms with van der Waals surface area (Å²) >= 11 is 0. The highest BCUT2D eigenvalue weighted by molar-refractivity contribution is 5.58. The zero-order valence-electron chi connectivity index (χ0n) is 12.2. The third kappa shape index (κ3) is 3.52. The zero-order valence-corrected chi connectivity index (χ0v) is 12.2. The summed E-state index contributed by atoms with van der Waals surface area (Å²) < 4.78 is 10.8. The Balaban J connectivity index is 2.24. The van der Waals surface area contributed by atoms with E-state index in [-0.39, 0.29) is 6.04 Å². The second-order valence-electron chi connectivity index (χ2n) is 4.77. The molecular weight excluding hydrogens is 250 g/mol. The lowest BCUT2D eigenvalue weighted by atomic mass is 10.1. The van der Waals surface area contributed by atoms with Gasteiger partial charge in [-0.2, -0.15) is 0 Å². The molecule has 2 aromatic rings. The van der Waals surface area contributed by atoms with Crippen LogP contribution in [-0.2, 0) is 4.74 Å². The van der Waals surface area contributed by atoms with Gasteiger partial charge in [-0.3, -0.25) is 0 Å². The number of rotatable bonds is 6. The molecule has 3 nitrogen and oxygen atoms in total. The number of hydrogen-bond acceptors (Lipinski definition) is 3. The Hall–Kier alpha value is -2.00. The van der Waals surface area contributed by atoms with Crippen molar-refractivity contribution in [3.63, 3.8) is 0 Å². The maximum atomic E-state index is 5.44. The first kappa shape index (κ1) is 14.4. The van der Waals surface area contributed by atoms with E-state index in [1.807, 2.05) is 30.3 Å². The SMILES string of the molecule is COCC(Nc1ccc(C)cc1OC)c1ccccc1. The van der Waals surface area contributed by atoms with Crippen LogP contribution in [0.5, 0.6) is 5.75 Å². The van der Waals surface area contributed by atoms with Crippen molar-refractivity contribution in [2.24, 2.45) is 0 Å². The Bertz CT molecular complexity index is 540. The standard InChI is InChI=1S/C17H21NO2/c1-13-9-10-15(17(11-13)20-3)18-16(12-19-2)14-7-5-4-6-8-14/h4-11,16,18H,12H2,1-3H3. The first-order valence-corrected chi connectivity index (χ1v) is 6.69. The van der Waals surface area contributed by atoms with E-state index in [1.54, 1.807) is 14.2 Å². The first-order chi connectivity index (χ1) is 9.74. The lowest BCUT2D eigenvalue weighted by molar-refractivity contribution is 0.186. The van der Waals surface area contributed by atoms with Crippen LogP contribution in [0.2, 0.25) is 0 Å². The molecule has 0 saturated heterocycles. The van der Waals surface area contributed by atoms with Crippen molar-refractivity contribution in [3.05, 3.63) is 59.7 Å². The molecule has 1 unspecified atom stereocenters. The van der Waals surface area contributed by atoms with Crippen molar-refractivity contribution in [1.82, 2.24) is 0 Å². The van der Waals surface area contributed by atoms with Gasteiger partial charge in [0.1, 0.15) is 5.75 Å². The van der Waals surface area contributed by atoms with Gasteiger partial charge in [0, 0.05) is 7.11 Å². The lowest BCUT2D eigenvalue weighted by Gasteiger charge is -2.21. The van der Waals surface area contributed by atoms with Gasteiger partial charge in [-0.15, -0.1) is 0 Å². The molecule has 2 aromatic carbocycles. The fourth-order valence-corrected chi connectivity index (χ4v) is 2.18. The van der Waals surface area contributed by atoms with Crippen molar-refractivity contribution in [2.45, 2.75) is 13.0 Å². The average Bonchev–Trinajstić information content (AvgIpc) is 2.49. The minimum Gasteiger partial charge on any atom is -0.495 e. The van der Waals surface area contributed by atoms with E-state index in [9.17, 15) is 0 Å². The fraction of sp³-hybridized carbons (Fsp3) is 0.294. The predicted octanol–water partition coefficient (Wildman–Crippen LogP) is 3.80. The van der Waals surface area contributed by atoms with Crippen LogP contribution < -0.4 is 10.1 Å². The molecule has 0 heterocycles. The monoisotopic (exact) mass is 271 g/mol. The van der Waals surface area contributed by atoms with E-state index in [2.05, 4.69) is 30.4 Å². The van der Waals surface area contributed by atoms with Crippen LogP contribution in [0.1, 0.15) is 17.2 Å². The summed E-state index contributed by atoms with van der Waals surface area (Å²) in [6.45, 7) is 2.65. The van der Waals surface area contributed by atoms with Gasteiger partial charge in [0.05, 0.1) is 25.4 Å². The highest BCUT2D eigenvalue weighted by atomic mass is 16.5. The van der Waals surface area contributed by atoms with Crippen LogP contribution in [0.4, 0.5) is 5.69 Å². The Morgan fingerprint density at radius 2 is 1.80 bits per heavy atom. The van der Waals surface area contributed by atoms with Crippen molar-refractivity contribution >= 4 is 5.69 Å². The highest BCUT2D eigenvalue weighted by Gasteiger charge is 2.13. The summed E-state index contributed by atoms with van der Waals surface area (Å²) in [5, 5.41) is 3.49. The number of methoxy groups -OCH3 is 2. The Morgan fingerprint density at radius 3 is 2.45 bits per heavy atom. The molecule has 3 heteroatoms. The van der Waals surface area contributed by atoms with E-state index >= 15 is 0 Å². The summed E-state index contributed by atoms with van der Waals surface area (Å²) in [6.07, 6.45) is 0. The average molecular weight is 271 g/mol. The second kappa shape index (κ2) is 6.96. The molecule has 0 aliphatic rings. The third-order valence-corrected chi connectivity index (χ3v) is 3.22. The van der Waals surface area contributed by atoms with Gasteiger partial charge in [-0.1, -0.05) is 36.4 Å².